The summed E-state index contributed by atoms with van der Waals surface area (Å²) >= 11 is 0. The Balaban J connectivity index is 0.000000198. The highest BCUT2D eigenvalue weighted by Gasteiger charge is 2.15. The van der Waals surface area contributed by atoms with Crippen molar-refractivity contribution in [1.82, 2.24) is 0 Å². The standard InChI is InChI=1S/C10H8O4S.C7H7NO/c11-8-5-1-3-7-4-2-6-9(10(7)8)15(12,13)14;8-7(9)6-4-2-1-3-5-6/h1-6,11H,(H,12,13,14);1-5H,(H2,8,9). The van der Waals surface area contributed by atoms with Crippen molar-refractivity contribution in [3.8, 4) is 5.75 Å². The van der Waals surface area contributed by atoms with Crippen molar-refractivity contribution in [2.75, 3.05) is 0 Å². The van der Waals surface area contributed by atoms with Gasteiger partial charge in [0.2, 0.25) is 5.91 Å². The Hall–Kier alpha value is -2.90. The lowest BCUT2D eigenvalue weighted by Crippen LogP contribution is -2.09. The fourth-order valence-corrected chi connectivity index (χ4v) is 2.84. The average Bonchev–Trinajstić information content (AvgIpc) is 2.55. The zero-order chi connectivity index (χ0) is 17.7. The number of carbonyl (C=O) groups is 1. The fourth-order valence-electron chi connectivity index (χ4n) is 2.10. The molecule has 3 aromatic carbocycles. The summed E-state index contributed by atoms with van der Waals surface area (Å²) in [7, 11) is -4.31. The predicted molar refractivity (Wildman–Crippen MR) is 90.4 cm³/mol. The van der Waals surface area contributed by atoms with Crippen molar-refractivity contribution in [1.29, 1.82) is 0 Å². The van der Waals surface area contributed by atoms with Crippen LogP contribution in [-0.4, -0.2) is 24.0 Å². The van der Waals surface area contributed by atoms with Gasteiger partial charge >= 0.3 is 0 Å². The second-order valence-corrected chi connectivity index (χ2v) is 6.23. The van der Waals surface area contributed by atoms with Crippen molar-refractivity contribution in [2.45, 2.75) is 4.90 Å². The Morgan fingerprint density at radius 1 is 0.875 bits per heavy atom. The Kier molecular flexibility index (Phi) is 5.18. The molecule has 1 amide bonds. The summed E-state index contributed by atoms with van der Waals surface area (Å²) in [6.07, 6.45) is 0. The van der Waals surface area contributed by atoms with Crippen LogP contribution in [0.5, 0.6) is 5.75 Å². The second-order valence-electron chi connectivity index (χ2n) is 4.84. The van der Waals surface area contributed by atoms with E-state index in [0.29, 0.717) is 10.9 Å². The molecule has 0 aliphatic rings. The summed E-state index contributed by atoms with van der Waals surface area (Å²) in [5.41, 5.74) is 5.53. The first-order valence-electron chi connectivity index (χ1n) is 6.84. The summed E-state index contributed by atoms with van der Waals surface area (Å²) in [6.45, 7) is 0. The van der Waals surface area contributed by atoms with Crippen molar-refractivity contribution in [3.05, 3.63) is 72.3 Å². The lowest BCUT2D eigenvalue weighted by Gasteiger charge is -2.04. The van der Waals surface area contributed by atoms with Gasteiger partial charge in [-0.1, -0.05) is 42.5 Å². The monoisotopic (exact) mass is 345 g/mol. The SMILES string of the molecule is NC(=O)c1ccccc1.O=S(=O)(O)c1cccc2cccc(O)c12. The third-order valence-electron chi connectivity index (χ3n) is 3.18. The number of amides is 1. The number of phenols is 1. The van der Waals surface area contributed by atoms with Gasteiger partial charge in [-0.3, -0.25) is 9.35 Å². The number of carbonyl (C=O) groups excluding carboxylic acids is 1. The smallest absolute Gasteiger partial charge is 0.295 e. The van der Waals surface area contributed by atoms with Crippen molar-refractivity contribution in [2.24, 2.45) is 5.73 Å². The molecule has 0 aromatic heterocycles. The van der Waals surface area contributed by atoms with Gasteiger partial charge in [-0.2, -0.15) is 8.42 Å². The van der Waals surface area contributed by atoms with Crippen LogP contribution in [0.4, 0.5) is 0 Å². The molecule has 0 heterocycles. The van der Waals surface area contributed by atoms with Gasteiger partial charge in [-0.05, 0) is 29.7 Å². The molecule has 7 heteroatoms. The molecular formula is C17H15NO5S. The number of hydrogen-bond acceptors (Lipinski definition) is 4. The first-order valence-corrected chi connectivity index (χ1v) is 8.28. The van der Waals surface area contributed by atoms with Gasteiger partial charge in [-0.15, -0.1) is 0 Å². The van der Waals surface area contributed by atoms with Crippen LogP contribution in [-0.2, 0) is 10.1 Å². The number of hydrogen-bond donors (Lipinski definition) is 3. The van der Waals surface area contributed by atoms with E-state index < -0.39 is 10.1 Å². The maximum atomic E-state index is 11.0. The van der Waals surface area contributed by atoms with E-state index in [0.717, 1.165) is 0 Å². The normalized spacial score (nSPS) is 10.7. The molecule has 0 spiro atoms. The maximum absolute atomic E-state index is 11.0. The lowest BCUT2D eigenvalue weighted by atomic mass is 10.1. The molecule has 4 N–H and O–H groups in total. The first kappa shape index (κ1) is 17.5. The Morgan fingerprint density at radius 2 is 1.46 bits per heavy atom. The van der Waals surface area contributed by atoms with Gasteiger partial charge in [0.15, 0.2) is 0 Å². The molecule has 0 atom stereocenters. The second kappa shape index (κ2) is 7.12. The minimum atomic E-state index is -4.31. The third kappa shape index (κ3) is 4.09. The Labute approximate surface area is 138 Å². The molecule has 0 aliphatic carbocycles. The quantitative estimate of drug-likeness (QED) is 0.617. The van der Waals surface area contributed by atoms with Crippen molar-refractivity contribution >= 4 is 26.8 Å². The average molecular weight is 345 g/mol. The molecule has 0 unspecified atom stereocenters. The van der Waals surface area contributed by atoms with Crippen LogP contribution in [0.2, 0.25) is 0 Å². The largest absolute Gasteiger partial charge is 0.507 e. The van der Waals surface area contributed by atoms with Crippen LogP contribution in [0.25, 0.3) is 10.8 Å². The third-order valence-corrected chi connectivity index (χ3v) is 4.08. The van der Waals surface area contributed by atoms with Gasteiger partial charge < -0.3 is 10.8 Å². The molecule has 0 aliphatic heterocycles. The van der Waals surface area contributed by atoms with E-state index in [9.17, 15) is 18.3 Å². The molecule has 24 heavy (non-hydrogen) atoms. The van der Waals surface area contributed by atoms with E-state index in [1.54, 1.807) is 42.5 Å². The molecule has 0 saturated heterocycles. The highest BCUT2D eigenvalue weighted by molar-refractivity contribution is 7.86. The minimum Gasteiger partial charge on any atom is -0.507 e. The maximum Gasteiger partial charge on any atom is 0.295 e. The fraction of sp³-hybridized carbons (Fsp3) is 0. The highest BCUT2D eigenvalue weighted by Crippen LogP contribution is 2.30. The molecule has 0 fully saturated rings. The molecule has 3 rings (SSSR count). The molecular weight excluding hydrogens is 330 g/mol. The van der Waals surface area contributed by atoms with Crippen LogP contribution >= 0.6 is 0 Å². The number of aromatic hydroxyl groups is 1. The first-order chi connectivity index (χ1) is 11.3. The van der Waals surface area contributed by atoms with Gasteiger partial charge in [0.25, 0.3) is 10.1 Å². The summed E-state index contributed by atoms with van der Waals surface area (Å²) in [4.78, 5) is 10.1. The van der Waals surface area contributed by atoms with Gasteiger partial charge in [0.1, 0.15) is 10.6 Å². The molecule has 0 saturated carbocycles. The zero-order valence-electron chi connectivity index (χ0n) is 12.5. The molecule has 0 bridgehead atoms. The lowest BCUT2D eigenvalue weighted by molar-refractivity contribution is 0.1000. The number of phenolic OH excluding ortho intramolecular Hbond substituents is 1. The summed E-state index contributed by atoms with van der Waals surface area (Å²) in [5.74, 6) is -0.545. The zero-order valence-corrected chi connectivity index (χ0v) is 13.3. The molecule has 0 radical (unpaired) electrons. The van der Waals surface area contributed by atoms with E-state index in [4.69, 9.17) is 10.3 Å². The van der Waals surface area contributed by atoms with Crippen molar-refractivity contribution in [3.63, 3.8) is 0 Å². The summed E-state index contributed by atoms with van der Waals surface area (Å²) in [5, 5.41) is 10.2. The van der Waals surface area contributed by atoms with Crippen LogP contribution in [0, 0.1) is 0 Å². The van der Waals surface area contributed by atoms with Crippen LogP contribution in [0.15, 0.2) is 71.6 Å². The van der Waals surface area contributed by atoms with E-state index in [1.807, 2.05) is 6.07 Å². The predicted octanol–water partition coefficient (Wildman–Crippen LogP) is 2.58. The van der Waals surface area contributed by atoms with Crippen LogP contribution < -0.4 is 5.73 Å². The molecule has 3 aromatic rings. The van der Waals surface area contributed by atoms with Gasteiger partial charge in [0.05, 0.1) is 0 Å². The van der Waals surface area contributed by atoms with E-state index in [-0.39, 0.29) is 21.9 Å². The van der Waals surface area contributed by atoms with Crippen molar-refractivity contribution < 1.29 is 22.9 Å². The summed E-state index contributed by atoms with van der Waals surface area (Å²) < 4.78 is 31.1. The van der Waals surface area contributed by atoms with Crippen LogP contribution in [0.3, 0.4) is 0 Å². The van der Waals surface area contributed by atoms with Gasteiger partial charge in [-0.25, -0.2) is 0 Å². The number of benzene rings is 3. The van der Waals surface area contributed by atoms with Crippen LogP contribution in [0.1, 0.15) is 10.4 Å². The Bertz CT molecular complexity index is 963. The van der Waals surface area contributed by atoms with E-state index in [2.05, 4.69) is 0 Å². The van der Waals surface area contributed by atoms with Gasteiger partial charge in [0, 0.05) is 10.9 Å². The van der Waals surface area contributed by atoms with E-state index in [1.165, 1.54) is 18.2 Å². The van der Waals surface area contributed by atoms with E-state index >= 15 is 0 Å². The number of primary amides is 1. The number of nitrogens with two attached hydrogens (primary N) is 1. The number of rotatable bonds is 2. The molecule has 6 nitrogen and oxygen atoms in total. The minimum absolute atomic E-state index is 0.141. The highest BCUT2D eigenvalue weighted by atomic mass is 32.2. The summed E-state index contributed by atoms with van der Waals surface area (Å²) in [6, 6.07) is 17.8. The number of fused-ring (bicyclic) bond motifs is 1. The topological polar surface area (TPSA) is 118 Å². The Morgan fingerprint density at radius 3 is 1.96 bits per heavy atom. The molecule has 124 valence electrons.